The maximum absolute atomic E-state index is 13.4. The summed E-state index contributed by atoms with van der Waals surface area (Å²) >= 11 is 5.97. The minimum absolute atomic E-state index is 0.142. The summed E-state index contributed by atoms with van der Waals surface area (Å²) in [5.74, 6) is -0.142. The van der Waals surface area contributed by atoms with Gasteiger partial charge in [-0.2, -0.15) is 4.31 Å². The summed E-state index contributed by atoms with van der Waals surface area (Å²) in [5.41, 5.74) is 0.953. The molecule has 160 valence electrons. The van der Waals surface area contributed by atoms with Crippen molar-refractivity contribution in [3.63, 3.8) is 0 Å². The molecule has 2 aromatic rings. The van der Waals surface area contributed by atoms with Crippen LogP contribution in [0.3, 0.4) is 0 Å². The van der Waals surface area contributed by atoms with Crippen molar-refractivity contribution in [1.82, 2.24) is 9.21 Å². The van der Waals surface area contributed by atoms with E-state index in [4.69, 9.17) is 16.3 Å². The molecule has 0 bridgehead atoms. The van der Waals surface area contributed by atoms with Crippen LogP contribution in [0.4, 0.5) is 0 Å². The SMILES string of the molecule is O=C(C1CCCCN1S(=O)(=O)c1ccccc1)N1CCOC(c2ccc(Cl)cc2)C1. The Morgan fingerprint density at radius 3 is 2.47 bits per heavy atom. The number of piperidine rings is 1. The Labute approximate surface area is 182 Å². The average Bonchev–Trinajstić information content (AvgIpc) is 2.80. The van der Waals surface area contributed by atoms with Gasteiger partial charge in [-0.3, -0.25) is 4.79 Å². The lowest BCUT2D eigenvalue weighted by Gasteiger charge is -2.39. The maximum atomic E-state index is 13.4. The molecule has 0 radical (unpaired) electrons. The summed E-state index contributed by atoms with van der Waals surface area (Å²) in [7, 11) is -3.73. The van der Waals surface area contributed by atoms with Crippen molar-refractivity contribution < 1.29 is 17.9 Å². The first kappa shape index (κ1) is 21.3. The van der Waals surface area contributed by atoms with Gasteiger partial charge >= 0.3 is 0 Å². The molecule has 2 atom stereocenters. The van der Waals surface area contributed by atoms with E-state index in [2.05, 4.69) is 0 Å². The minimum Gasteiger partial charge on any atom is -0.370 e. The molecule has 2 aliphatic heterocycles. The molecule has 0 saturated carbocycles. The Morgan fingerprint density at radius 1 is 1.00 bits per heavy atom. The van der Waals surface area contributed by atoms with Crippen molar-refractivity contribution in [2.75, 3.05) is 26.2 Å². The summed E-state index contributed by atoms with van der Waals surface area (Å²) in [6.45, 7) is 1.63. The van der Waals surface area contributed by atoms with Gasteiger partial charge in [0.1, 0.15) is 12.1 Å². The molecule has 0 aliphatic carbocycles. The van der Waals surface area contributed by atoms with Crippen molar-refractivity contribution in [2.45, 2.75) is 36.3 Å². The van der Waals surface area contributed by atoms with Crippen LogP contribution in [0.15, 0.2) is 59.5 Å². The van der Waals surface area contributed by atoms with Crippen LogP contribution in [-0.2, 0) is 19.6 Å². The van der Waals surface area contributed by atoms with Crippen LogP contribution in [0.1, 0.15) is 30.9 Å². The molecule has 0 N–H and O–H groups in total. The molecule has 2 unspecified atom stereocenters. The van der Waals surface area contributed by atoms with E-state index in [0.29, 0.717) is 37.7 Å². The fourth-order valence-electron chi connectivity index (χ4n) is 4.11. The quantitative estimate of drug-likeness (QED) is 0.718. The fourth-order valence-corrected chi connectivity index (χ4v) is 5.90. The van der Waals surface area contributed by atoms with Gasteiger partial charge in [0.25, 0.3) is 0 Å². The smallest absolute Gasteiger partial charge is 0.243 e. The first-order chi connectivity index (χ1) is 14.5. The number of sulfonamides is 1. The van der Waals surface area contributed by atoms with E-state index in [1.807, 2.05) is 12.1 Å². The third-order valence-electron chi connectivity index (χ3n) is 5.71. The van der Waals surface area contributed by atoms with Crippen molar-refractivity contribution in [1.29, 1.82) is 0 Å². The normalized spacial score (nSPS) is 23.3. The largest absolute Gasteiger partial charge is 0.370 e. The van der Waals surface area contributed by atoms with Gasteiger partial charge < -0.3 is 9.64 Å². The Balaban J connectivity index is 1.54. The molecule has 0 spiro atoms. The van der Waals surface area contributed by atoms with Crippen LogP contribution in [-0.4, -0.2) is 55.8 Å². The zero-order valence-corrected chi connectivity index (χ0v) is 18.2. The van der Waals surface area contributed by atoms with Gasteiger partial charge in [0.15, 0.2) is 0 Å². The van der Waals surface area contributed by atoms with Gasteiger partial charge in [-0.05, 0) is 42.7 Å². The third-order valence-corrected chi connectivity index (χ3v) is 7.88. The Bertz CT molecular complexity index is 982. The van der Waals surface area contributed by atoms with Gasteiger partial charge in [0.2, 0.25) is 15.9 Å². The monoisotopic (exact) mass is 448 g/mol. The van der Waals surface area contributed by atoms with Crippen molar-refractivity contribution >= 4 is 27.5 Å². The Kier molecular flexibility index (Phi) is 6.43. The molecule has 8 heteroatoms. The number of morpholine rings is 1. The van der Waals surface area contributed by atoms with E-state index < -0.39 is 16.1 Å². The summed E-state index contributed by atoms with van der Waals surface area (Å²) in [5, 5.41) is 0.645. The Hall–Kier alpha value is -1.93. The van der Waals surface area contributed by atoms with Gasteiger partial charge in [0, 0.05) is 18.1 Å². The fraction of sp³-hybridized carbons (Fsp3) is 0.409. The first-order valence-electron chi connectivity index (χ1n) is 10.2. The second-order valence-corrected chi connectivity index (χ2v) is 9.96. The standard InChI is InChI=1S/C22H25ClN2O4S/c23-18-11-9-17(10-12-18)21-16-24(14-15-29-21)22(26)20-8-4-5-13-25(20)30(27,28)19-6-2-1-3-7-19/h1-3,6-7,9-12,20-21H,4-5,8,13-16H2. The second-order valence-electron chi connectivity index (χ2n) is 7.64. The summed E-state index contributed by atoms with van der Waals surface area (Å²) in [6, 6.07) is 15.1. The van der Waals surface area contributed by atoms with Gasteiger partial charge in [-0.25, -0.2) is 8.42 Å². The highest BCUT2D eigenvalue weighted by Gasteiger charge is 2.40. The van der Waals surface area contributed by atoms with Crippen LogP contribution in [0.25, 0.3) is 0 Å². The molecule has 2 aromatic carbocycles. The molecule has 2 saturated heterocycles. The van der Waals surface area contributed by atoms with Crippen LogP contribution >= 0.6 is 11.6 Å². The summed E-state index contributed by atoms with van der Waals surface area (Å²) < 4.78 is 33.7. The van der Waals surface area contributed by atoms with Gasteiger partial charge in [-0.15, -0.1) is 0 Å². The number of hydrogen-bond acceptors (Lipinski definition) is 4. The molecule has 0 aromatic heterocycles. The topological polar surface area (TPSA) is 66.9 Å². The zero-order valence-electron chi connectivity index (χ0n) is 16.6. The molecular formula is C22H25ClN2O4S. The lowest BCUT2D eigenvalue weighted by atomic mass is 10.0. The van der Waals surface area contributed by atoms with Crippen molar-refractivity contribution in [3.8, 4) is 0 Å². The number of hydrogen-bond donors (Lipinski definition) is 0. The summed E-state index contributed by atoms with van der Waals surface area (Å²) in [6.07, 6.45) is 1.88. The number of nitrogens with zero attached hydrogens (tertiary/aromatic N) is 2. The lowest BCUT2D eigenvalue weighted by molar-refractivity contribution is -0.144. The molecular weight excluding hydrogens is 424 g/mol. The van der Waals surface area contributed by atoms with E-state index in [0.717, 1.165) is 18.4 Å². The minimum atomic E-state index is -3.73. The van der Waals surface area contributed by atoms with Gasteiger partial charge in [-0.1, -0.05) is 48.4 Å². The van der Waals surface area contributed by atoms with E-state index in [9.17, 15) is 13.2 Å². The molecule has 2 heterocycles. The van der Waals surface area contributed by atoms with E-state index in [-0.39, 0.29) is 16.9 Å². The molecule has 30 heavy (non-hydrogen) atoms. The molecule has 2 aliphatic rings. The third kappa shape index (κ3) is 4.39. The molecule has 4 rings (SSSR count). The highest BCUT2D eigenvalue weighted by Crippen LogP contribution is 2.29. The number of halogens is 1. The van der Waals surface area contributed by atoms with Crippen LogP contribution in [0.2, 0.25) is 5.02 Å². The maximum Gasteiger partial charge on any atom is 0.243 e. The molecule has 2 fully saturated rings. The van der Waals surface area contributed by atoms with E-state index in [1.165, 1.54) is 4.31 Å². The van der Waals surface area contributed by atoms with Crippen molar-refractivity contribution in [2.24, 2.45) is 0 Å². The number of rotatable bonds is 4. The number of carbonyl (C=O) groups excluding carboxylic acids is 1. The number of benzene rings is 2. The van der Waals surface area contributed by atoms with Crippen LogP contribution in [0.5, 0.6) is 0 Å². The predicted octanol–water partition coefficient (Wildman–Crippen LogP) is 3.48. The molecule has 1 amide bonds. The zero-order chi connectivity index (χ0) is 21.1. The highest BCUT2D eigenvalue weighted by atomic mass is 35.5. The van der Waals surface area contributed by atoms with Crippen LogP contribution in [0, 0.1) is 0 Å². The molecule has 6 nitrogen and oxygen atoms in total. The lowest BCUT2D eigenvalue weighted by Crippen LogP contribution is -2.55. The Morgan fingerprint density at radius 2 is 1.73 bits per heavy atom. The van der Waals surface area contributed by atoms with Crippen molar-refractivity contribution in [3.05, 3.63) is 65.2 Å². The van der Waals surface area contributed by atoms with E-state index >= 15 is 0 Å². The summed E-state index contributed by atoms with van der Waals surface area (Å²) in [4.78, 5) is 15.4. The number of carbonyl (C=O) groups is 1. The van der Waals surface area contributed by atoms with Gasteiger partial charge in [0.05, 0.1) is 18.0 Å². The average molecular weight is 449 g/mol. The highest BCUT2D eigenvalue weighted by molar-refractivity contribution is 7.89. The van der Waals surface area contributed by atoms with Crippen LogP contribution < -0.4 is 0 Å². The number of ether oxygens (including phenoxy) is 1. The predicted molar refractivity (Wildman–Crippen MR) is 115 cm³/mol. The number of amides is 1. The van der Waals surface area contributed by atoms with E-state index in [1.54, 1.807) is 47.4 Å². The second kappa shape index (κ2) is 9.06. The first-order valence-corrected chi connectivity index (χ1v) is 12.0.